The van der Waals surface area contributed by atoms with Crippen LogP contribution in [0.25, 0.3) is 0 Å². The van der Waals surface area contributed by atoms with Crippen LogP contribution in [0.3, 0.4) is 0 Å². The van der Waals surface area contributed by atoms with Crippen molar-refractivity contribution in [3.63, 3.8) is 0 Å². The van der Waals surface area contributed by atoms with Gasteiger partial charge < -0.3 is 20.0 Å². The highest BCUT2D eigenvalue weighted by atomic mass is 16.3. The highest BCUT2D eigenvalue weighted by molar-refractivity contribution is 6.04. The minimum atomic E-state index is -0.387. The summed E-state index contributed by atoms with van der Waals surface area (Å²) in [6.45, 7) is 5.45. The third kappa shape index (κ3) is 4.57. The fourth-order valence-corrected chi connectivity index (χ4v) is 3.12. The van der Waals surface area contributed by atoms with Crippen molar-refractivity contribution in [2.75, 3.05) is 25.0 Å². The normalized spacial score (nSPS) is 13.6. The van der Waals surface area contributed by atoms with Gasteiger partial charge >= 0.3 is 0 Å². The van der Waals surface area contributed by atoms with E-state index in [0.717, 1.165) is 18.5 Å². The summed E-state index contributed by atoms with van der Waals surface area (Å²) in [5, 5.41) is 5.63. The van der Waals surface area contributed by atoms with E-state index in [4.69, 9.17) is 4.42 Å². The number of oxazole rings is 1. The van der Waals surface area contributed by atoms with Crippen molar-refractivity contribution >= 4 is 23.4 Å². The molecule has 1 fully saturated rings. The number of aryl methyl sites for hydroxylation is 2. The van der Waals surface area contributed by atoms with Crippen LogP contribution in [0, 0.1) is 13.8 Å². The van der Waals surface area contributed by atoms with Gasteiger partial charge in [0.25, 0.3) is 11.8 Å². The van der Waals surface area contributed by atoms with Gasteiger partial charge in [-0.2, -0.15) is 0 Å². The molecule has 1 saturated heterocycles. The zero-order valence-corrected chi connectivity index (χ0v) is 16.1. The minimum Gasteiger partial charge on any atom is -0.448 e. The zero-order valence-electron chi connectivity index (χ0n) is 16.1. The highest BCUT2D eigenvalue weighted by Gasteiger charge is 2.19. The number of hydrogen-bond acceptors (Lipinski definition) is 5. The number of hydrogen-bond donors (Lipinski definition) is 2. The first kappa shape index (κ1) is 19.6. The van der Waals surface area contributed by atoms with Gasteiger partial charge in [0.2, 0.25) is 5.91 Å². The van der Waals surface area contributed by atoms with Gasteiger partial charge in [-0.15, -0.1) is 0 Å². The Hall–Kier alpha value is -3.16. The first-order valence-electron chi connectivity index (χ1n) is 9.34. The van der Waals surface area contributed by atoms with Crippen LogP contribution in [0.2, 0.25) is 0 Å². The molecule has 2 heterocycles. The summed E-state index contributed by atoms with van der Waals surface area (Å²) in [5.41, 5.74) is 2.04. The predicted octanol–water partition coefficient (Wildman–Crippen LogP) is 2.29. The standard InChI is InChI=1S/C20H24N4O4/c1-13-6-7-15(11-16(13)23-20(27)18-14(2)28-12-22-18)19(26)21-8-4-10-24-9-3-5-17(24)25/h6-7,11-12H,3-5,8-10H2,1-2H3,(H,21,26)(H,23,27). The van der Waals surface area contributed by atoms with E-state index in [1.165, 1.54) is 6.39 Å². The summed E-state index contributed by atoms with van der Waals surface area (Å²) in [5.74, 6) is 0.0104. The second-order valence-electron chi connectivity index (χ2n) is 6.83. The maximum absolute atomic E-state index is 12.4. The third-order valence-corrected chi connectivity index (χ3v) is 4.77. The minimum absolute atomic E-state index is 0.188. The molecule has 148 valence electrons. The van der Waals surface area contributed by atoms with Crippen LogP contribution >= 0.6 is 0 Å². The maximum atomic E-state index is 12.4. The number of likely N-dealkylation sites (tertiary alicyclic amines) is 1. The molecule has 0 spiro atoms. The van der Waals surface area contributed by atoms with Gasteiger partial charge in [0, 0.05) is 37.3 Å². The van der Waals surface area contributed by atoms with Crippen LogP contribution in [-0.4, -0.2) is 47.2 Å². The van der Waals surface area contributed by atoms with Crippen molar-refractivity contribution < 1.29 is 18.8 Å². The van der Waals surface area contributed by atoms with Crippen LogP contribution in [0.5, 0.6) is 0 Å². The second-order valence-corrected chi connectivity index (χ2v) is 6.83. The van der Waals surface area contributed by atoms with Gasteiger partial charge in [-0.25, -0.2) is 4.98 Å². The summed E-state index contributed by atoms with van der Waals surface area (Å²) >= 11 is 0. The summed E-state index contributed by atoms with van der Waals surface area (Å²) in [7, 11) is 0. The van der Waals surface area contributed by atoms with E-state index in [1.54, 1.807) is 25.1 Å². The average Bonchev–Trinajstić information content (AvgIpc) is 3.28. The number of carbonyl (C=O) groups excluding carboxylic acids is 3. The Labute approximate surface area is 163 Å². The van der Waals surface area contributed by atoms with Gasteiger partial charge in [0.1, 0.15) is 5.76 Å². The molecule has 1 aliphatic heterocycles. The van der Waals surface area contributed by atoms with Gasteiger partial charge in [-0.05, 0) is 44.4 Å². The lowest BCUT2D eigenvalue weighted by Gasteiger charge is -2.15. The van der Waals surface area contributed by atoms with Crippen molar-refractivity contribution in [3.8, 4) is 0 Å². The van der Waals surface area contributed by atoms with Crippen molar-refractivity contribution in [2.45, 2.75) is 33.1 Å². The Balaban J connectivity index is 1.56. The number of nitrogens with zero attached hydrogens (tertiary/aromatic N) is 2. The first-order chi connectivity index (χ1) is 13.5. The molecular weight excluding hydrogens is 360 g/mol. The lowest BCUT2D eigenvalue weighted by atomic mass is 10.1. The van der Waals surface area contributed by atoms with E-state index in [1.807, 2.05) is 11.8 Å². The van der Waals surface area contributed by atoms with Crippen LogP contribution in [0.1, 0.15) is 51.4 Å². The SMILES string of the molecule is Cc1ccc(C(=O)NCCCN2CCCC2=O)cc1NC(=O)c1ncoc1C. The molecule has 1 aromatic carbocycles. The molecule has 0 atom stereocenters. The van der Waals surface area contributed by atoms with Crippen LogP contribution in [0.4, 0.5) is 5.69 Å². The van der Waals surface area contributed by atoms with E-state index >= 15 is 0 Å². The van der Waals surface area contributed by atoms with Crippen molar-refractivity contribution in [2.24, 2.45) is 0 Å². The molecule has 0 aliphatic carbocycles. The first-order valence-corrected chi connectivity index (χ1v) is 9.34. The summed E-state index contributed by atoms with van der Waals surface area (Å²) < 4.78 is 5.05. The average molecular weight is 384 g/mol. The Morgan fingerprint density at radius 3 is 2.75 bits per heavy atom. The predicted molar refractivity (Wildman–Crippen MR) is 103 cm³/mol. The molecule has 1 aromatic heterocycles. The van der Waals surface area contributed by atoms with E-state index < -0.39 is 0 Å². The number of amides is 3. The number of rotatable bonds is 7. The molecule has 8 nitrogen and oxygen atoms in total. The number of benzene rings is 1. The fraction of sp³-hybridized carbons (Fsp3) is 0.400. The van der Waals surface area contributed by atoms with Crippen LogP contribution in [0.15, 0.2) is 29.0 Å². The summed E-state index contributed by atoms with van der Waals surface area (Å²) in [6, 6.07) is 5.14. The molecule has 3 rings (SSSR count). The van der Waals surface area contributed by atoms with Crippen LogP contribution in [-0.2, 0) is 4.79 Å². The molecule has 2 aromatic rings. The van der Waals surface area contributed by atoms with Gasteiger partial charge in [0.05, 0.1) is 0 Å². The third-order valence-electron chi connectivity index (χ3n) is 4.77. The Morgan fingerprint density at radius 2 is 2.07 bits per heavy atom. The molecule has 0 unspecified atom stereocenters. The molecule has 0 bridgehead atoms. The van der Waals surface area contributed by atoms with Crippen LogP contribution < -0.4 is 10.6 Å². The summed E-state index contributed by atoms with van der Waals surface area (Å²) in [4.78, 5) is 42.0. The van der Waals surface area contributed by atoms with Gasteiger partial charge in [0.15, 0.2) is 12.1 Å². The quantitative estimate of drug-likeness (QED) is 0.713. The Morgan fingerprint density at radius 1 is 1.25 bits per heavy atom. The molecule has 28 heavy (non-hydrogen) atoms. The van der Waals surface area contributed by atoms with E-state index in [2.05, 4.69) is 15.6 Å². The van der Waals surface area contributed by atoms with E-state index in [-0.39, 0.29) is 23.4 Å². The largest absolute Gasteiger partial charge is 0.448 e. The fourth-order valence-electron chi connectivity index (χ4n) is 3.12. The van der Waals surface area contributed by atoms with Gasteiger partial charge in [-0.1, -0.05) is 6.07 Å². The molecule has 8 heteroatoms. The number of carbonyl (C=O) groups is 3. The van der Waals surface area contributed by atoms with E-state index in [9.17, 15) is 14.4 Å². The second kappa shape index (κ2) is 8.69. The molecule has 3 amide bonds. The van der Waals surface area contributed by atoms with Crippen molar-refractivity contribution in [1.82, 2.24) is 15.2 Å². The molecule has 0 radical (unpaired) electrons. The molecule has 2 N–H and O–H groups in total. The smallest absolute Gasteiger partial charge is 0.277 e. The lowest BCUT2D eigenvalue weighted by Crippen LogP contribution is -2.30. The Bertz CT molecular complexity index is 890. The summed E-state index contributed by atoms with van der Waals surface area (Å²) in [6.07, 6.45) is 3.46. The molecule has 1 aliphatic rings. The number of nitrogens with one attached hydrogen (secondary N) is 2. The lowest BCUT2D eigenvalue weighted by molar-refractivity contribution is -0.127. The highest BCUT2D eigenvalue weighted by Crippen LogP contribution is 2.18. The van der Waals surface area contributed by atoms with Crippen molar-refractivity contribution in [1.29, 1.82) is 0 Å². The topological polar surface area (TPSA) is 105 Å². The van der Waals surface area contributed by atoms with Crippen molar-refractivity contribution in [3.05, 3.63) is 47.2 Å². The molecule has 0 saturated carbocycles. The molecular formula is C20H24N4O4. The van der Waals surface area contributed by atoms with Gasteiger partial charge in [-0.3, -0.25) is 14.4 Å². The number of anilines is 1. The van der Waals surface area contributed by atoms with E-state index in [0.29, 0.717) is 42.9 Å². The monoisotopic (exact) mass is 384 g/mol. The zero-order chi connectivity index (χ0) is 20.1. The maximum Gasteiger partial charge on any atom is 0.277 e. The number of aromatic nitrogens is 1. The Kier molecular flexibility index (Phi) is 6.08.